The monoisotopic (exact) mass is 333 g/mol. The van der Waals surface area contributed by atoms with Gasteiger partial charge in [0.25, 0.3) is 0 Å². The van der Waals surface area contributed by atoms with Gasteiger partial charge in [-0.1, -0.05) is 30.3 Å². The lowest BCUT2D eigenvalue weighted by atomic mass is 10.2. The molecule has 10 nitrogen and oxygen atoms in total. The first-order valence-electron chi connectivity index (χ1n) is 6.81. The number of aliphatic hydroxyl groups is 2. The largest absolute Gasteiger partial charge is 0.390 e. The van der Waals surface area contributed by atoms with Crippen molar-refractivity contribution in [2.24, 2.45) is 0 Å². The summed E-state index contributed by atoms with van der Waals surface area (Å²) in [5.41, 5.74) is -0.407. The maximum Gasteiger partial charge on any atom is 0.330 e. The summed E-state index contributed by atoms with van der Waals surface area (Å²) in [6, 6.07) is 9.58. The Morgan fingerprint density at radius 1 is 0.792 bits per heavy atom. The first-order chi connectivity index (χ1) is 11.5. The topological polar surface area (TPSA) is 168 Å². The molecule has 0 bridgehead atoms. The standard InChI is InChI=1S/C11H12N2O2.C3H3N3O3/c14-6-9-10(7-15)13-11(12-9)8-4-2-1-3-5-8;7-1-4-2(8)6-3(9)5-1/h1-5,14-15H,6-7H2,(H,12,13);(H3,4,5,6,7,8,9). The van der Waals surface area contributed by atoms with E-state index in [0.29, 0.717) is 17.2 Å². The molecule has 0 saturated carbocycles. The van der Waals surface area contributed by atoms with Crippen molar-refractivity contribution >= 4 is 0 Å². The molecule has 0 atom stereocenters. The second-order valence-corrected chi connectivity index (χ2v) is 4.56. The van der Waals surface area contributed by atoms with E-state index in [1.165, 1.54) is 0 Å². The molecular formula is C14H15N5O5. The Bertz CT molecular complexity index is 854. The van der Waals surface area contributed by atoms with Crippen LogP contribution in [0.3, 0.4) is 0 Å². The van der Waals surface area contributed by atoms with E-state index in [9.17, 15) is 14.4 Å². The van der Waals surface area contributed by atoms with Gasteiger partial charge in [-0.15, -0.1) is 0 Å². The number of rotatable bonds is 3. The lowest BCUT2D eigenvalue weighted by Crippen LogP contribution is -2.34. The summed E-state index contributed by atoms with van der Waals surface area (Å²) in [7, 11) is 0. The number of nitrogens with zero attached hydrogens (tertiary/aromatic N) is 1. The van der Waals surface area contributed by atoms with Crippen LogP contribution in [0.5, 0.6) is 0 Å². The van der Waals surface area contributed by atoms with Gasteiger partial charge in [0, 0.05) is 5.56 Å². The minimum atomic E-state index is -0.802. The highest BCUT2D eigenvalue weighted by Crippen LogP contribution is 2.17. The lowest BCUT2D eigenvalue weighted by molar-refractivity contribution is 0.255. The summed E-state index contributed by atoms with van der Waals surface area (Å²) in [6.45, 7) is -0.311. The summed E-state index contributed by atoms with van der Waals surface area (Å²) < 4.78 is 0. The fourth-order valence-corrected chi connectivity index (χ4v) is 1.84. The quantitative estimate of drug-likeness (QED) is 0.352. The Labute approximate surface area is 133 Å². The molecule has 0 radical (unpaired) electrons. The molecule has 6 N–H and O–H groups in total. The zero-order chi connectivity index (χ0) is 17.5. The number of hydrogen-bond donors (Lipinski definition) is 6. The maximum absolute atomic E-state index is 10.2. The molecule has 2 heterocycles. The molecule has 3 aromatic rings. The highest BCUT2D eigenvalue weighted by Gasteiger charge is 2.09. The first kappa shape index (κ1) is 17.1. The van der Waals surface area contributed by atoms with Gasteiger partial charge in [0.05, 0.1) is 24.6 Å². The van der Waals surface area contributed by atoms with Crippen molar-refractivity contribution in [2.75, 3.05) is 0 Å². The molecule has 0 aliphatic heterocycles. The third-order valence-electron chi connectivity index (χ3n) is 2.90. The van der Waals surface area contributed by atoms with Gasteiger partial charge in [-0.3, -0.25) is 15.0 Å². The Hall–Kier alpha value is -3.24. The van der Waals surface area contributed by atoms with Gasteiger partial charge in [0.1, 0.15) is 5.82 Å². The number of imidazole rings is 1. The number of benzene rings is 1. The Morgan fingerprint density at radius 3 is 1.75 bits per heavy atom. The van der Waals surface area contributed by atoms with Crippen molar-refractivity contribution in [1.82, 2.24) is 24.9 Å². The number of nitrogens with one attached hydrogen (secondary N) is 4. The number of aromatic amines is 4. The summed E-state index contributed by atoms with van der Waals surface area (Å²) in [5, 5.41) is 18.0. The van der Waals surface area contributed by atoms with Crippen LogP contribution in [0.15, 0.2) is 44.7 Å². The van der Waals surface area contributed by atoms with Gasteiger partial charge in [0.15, 0.2) is 0 Å². The van der Waals surface area contributed by atoms with Crippen LogP contribution >= 0.6 is 0 Å². The summed E-state index contributed by atoms with van der Waals surface area (Å²) in [6.07, 6.45) is 0. The highest BCUT2D eigenvalue weighted by molar-refractivity contribution is 5.55. The van der Waals surface area contributed by atoms with Crippen LogP contribution in [-0.4, -0.2) is 35.1 Å². The molecule has 0 unspecified atom stereocenters. The van der Waals surface area contributed by atoms with Gasteiger partial charge >= 0.3 is 17.1 Å². The number of hydrogen-bond acceptors (Lipinski definition) is 6. The molecule has 126 valence electrons. The van der Waals surface area contributed by atoms with Crippen molar-refractivity contribution < 1.29 is 10.2 Å². The highest BCUT2D eigenvalue weighted by atomic mass is 16.3. The van der Waals surface area contributed by atoms with Crippen molar-refractivity contribution in [2.45, 2.75) is 13.2 Å². The Balaban J connectivity index is 0.000000198. The minimum absolute atomic E-state index is 0.143. The Morgan fingerprint density at radius 2 is 1.33 bits per heavy atom. The summed E-state index contributed by atoms with van der Waals surface area (Å²) in [5.74, 6) is 0.670. The van der Waals surface area contributed by atoms with E-state index in [4.69, 9.17) is 10.2 Å². The zero-order valence-electron chi connectivity index (χ0n) is 12.4. The Kier molecular flexibility index (Phi) is 5.60. The molecule has 0 aliphatic carbocycles. The molecule has 3 rings (SSSR count). The number of aromatic nitrogens is 5. The first-order valence-corrected chi connectivity index (χ1v) is 6.81. The summed E-state index contributed by atoms with van der Waals surface area (Å²) >= 11 is 0. The third-order valence-corrected chi connectivity index (χ3v) is 2.90. The van der Waals surface area contributed by atoms with E-state index in [2.05, 4.69) is 9.97 Å². The van der Waals surface area contributed by atoms with Crippen LogP contribution in [0.1, 0.15) is 11.4 Å². The normalized spacial score (nSPS) is 10.1. The van der Waals surface area contributed by atoms with E-state index in [-0.39, 0.29) is 13.2 Å². The fraction of sp³-hybridized carbons (Fsp3) is 0.143. The molecule has 0 fully saturated rings. The second kappa shape index (κ2) is 7.85. The zero-order valence-corrected chi connectivity index (χ0v) is 12.4. The SMILES string of the molecule is O=c1[nH]c(=O)[nH]c(=O)[nH]1.OCc1nc(-c2ccccc2)[nH]c1CO. The molecule has 0 saturated heterocycles. The van der Waals surface area contributed by atoms with Crippen molar-refractivity contribution in [1.29, 1.82) is 0 Å². The second-order valence-electron chi connectivity index (χ2n) is 4.56. The molecular weight excluding hydrogens is 318 g/mol. The van der Waals surface area contributed by atoms with Crippen LogP contribution in [0.25, 0.3) is 11.4 Å². The van der Waals surface area contributed by atoms with E-state index in [1.807, 2.05) is 30.3 Å². The minimum Gasteiger partial charge on any atom is -0.390 e. The predicted molar refractivity (Wildman–Crippen MR) is 84.2 cm³/mol. The molecule has 1 aromatic carbocycles. The molecule has 0 amide bonds. The van der Waals surface area contributed by atoms with Crippen LogP contribution in [0.2, 0.25) is 0 Å². The third kappa shape index (κ3) is 4.38. The van der Waals surface area contributed by atoms with E-state index >= 15 is 0 Å². The maximum atomic E-state index is 10.2. The molecule has 0 spiro atoms. The number of H-pyrrole nitrogens is 4. The van der Waals surface area contributed by atoms with Crippen molar-refractivity contribution in [3.8, 4) is 11.4 Å². The van der Waals surface area contributed by atoms with Crippen LogP contribution in [0.4, 0.5) is 0 Å². The molecule has 0 aliphatic rings. The average Bonchev–Trinajstić information content (AvgIpc) is 2.98. The van der Waals surface area contributed by atoms with Crippen LogP contribution < -0.4 is 17.1 Å². The van der Waals surface area contributed by atoms with E-state index < -0.39 is 17.1 Å². The van der Waals surface area contributed by atoms with Crippen molar-refractivity contribution in [3.05, 3.63) is 73.2 Å². The van der Waals surface area contributed by atoms with Crippen LogP contribution in [0, 0.1) is 0 Å². The molecule has 24 heavy (non-hydrogen) atoms. The van der Waals surface area contributed by atoms with Crippen molar-refractivity contribution in [3.63, 3.8) is 0 Å². The van der Waals surface area contributed by atoms with E-state index in [1.54, 1.807) is 15.0 Å². The van der Waals surface area contributed by atoms with Gasteiger partial charge in [-0.2, -0.15) is 0 Å². The van der Waals surface area contributed by atoms with Crippen LogP contribution in [-0.2, 0) is 13.2 Å². The van der Waals surface area contributed by atoms with Gasteiger partial charge in [-0.25, -0.2) is 19.4 Å². The summed E-state index contributed by atoms with van der Waals surface area (Å²) in [4.78, 5) is 43.1. The molecule has 2 aromatic heterocycles. The number of aliphatic hydroxyl groups excluding tert-OH is 2. The molecule has 10 heteroatoms. The van der Waals surface area contributed by atoms with E-state index in [0.717, 1.165) is 5.56 Å². The van der Waals surface area contributed by atoms with Gasteiger partial charge in [-0.05, 0) is 0 Å². The lowest BCUT2D eigenvalue weighted by Gasteiger charge is -1.94. The smallest absolute Gasteiger partial charge is 0.330 e. The average molecular weight is 333 g/mol. The van der Waals surface area contributed by atoms with Gasteiger partial charge in [0.2, 0.25) is 0 Å². The van der Waals surface area contributed by atoms with Gasteiger partial charge < -0.3 is 15.2 Å². The fourth-order valence-electron chi connectivity index (χ4n) is 1.84. The predicted octanol–water partition coefficient (Wildman–Crippen LogP) is -1.19.